The van der Waals surface area contributed by atoms with Gasteiger partial charge in [0.05, 0.1) is 38.6 Å². The number of piperidine rings is 3. The molecule has 3 fully saturated rings. The third-order valence-corrected chi connectivity index (χ3v) is 10.8. The smallest absolute Gasteiger partial charge is 0.271 e. The second kappa shape index (κ2) is 14.4. The van der Waals surface area contributed by atoms with E-state index in [0.29, 0.717) is 5.92 Å². The minimum atomic E-state index is -0.986. The Hall–Kier alpha value is -4.79. The number of nitrogens with zero attached hydrogens (tertiary/aromatic N) is 4. The highest BCUT2D eigenvalue weighted by Gasteiger charge is 2.45. The molecule has 0 aliphatic carbocycles. The van der Waals surface area contributed by atoms with Crippen molar-refractivity contribution >= 4 is 70.0 Å². The molecule has 14 nitrogen and oxygen atoms in total. The molecule has 0 saturated carbocycles. The number of nitrogens with one attached hydrogen (secondary N) is 4. The lowest BCUT2D eigenvalue weighted by atomic mass is 9.94. The molecule has 4 aliphatic rings. The van der Waals surface area contributed by atoms with Crippen molar-refractivity contribution in [3.8, 4) is 0 Å². The standard InChI is InChI=1S/C35H36Cl2N8O6/c36-24-2-1-3-25(37)29(24)32(48)40-26-17-38-42-30(26)33(49)39-20-10-12-43(13-11-20)18-19-8-14-44(15-9-19)21-4-5-22-23(16-21)35(51)45(34(22)50)27-6-7-28(46)41-31(27)47/h1-5,16-17,19-20,27H,6-15,18H2,(H,38,42)(H,39,49)(H,40,48)(H,41,46,47). The molecule has 1 unspecified atom stereocenters. The summed E-state index contributed by atoms with van der Waals surface area (Å²) in [6.45, 7) is 4.25. The zero-order valence-corrected chi connectivity index (χ0v) is 29.1. The van der Waals surface area contributed by atoms with Crippen LogP contribution in [0.5, 0.6) is 0 Å². The number of imide groups is 2. The number of carbonyl (C=O) groups is 6. The minimum absolute atomic E-state index is 0.0271. The van der Waals surface area contributed by atoms with Gasteiger partial charge in [0.15, 0.2) is 0 Å². The third kappa shape index (κ3) is 7.08. The van der Waals surface area contributed by atoms with E-state index in [1.807, 2.05) is 6.07 Å². The van der Waals surface area contributed by atoms with Gasteiger partial charge in [-0.15, -0.1) is 0 Å². The molecule has 3 aromatic rings. The van der Waals surface area contributed by atoms with Crippen molar-refractivity contribution in [2.24, 2.45) is 5.92 Å². The molecule has 6 amide bonds. The Morgan fingerprint density at radius 3 is 2.27 bits per heavy atom. The first-order chi connectivity index (χ1) is 24.6. The number of hydrogen-bond acceptors (Lipinski definition) is 9. The summed E-state index contributed by atoms with van der Waals surface area (Å²) in [5.41, 5.74) is 1.91. The quantitative estimate of drug-likeness (QED) is 0.253. The SMILES string of the molecule is O=C1CCC(N2C(=O)c3ccc(N4CCC(CN5CCC(NC(=O)c6[nH]ncc6NC(=O)c6c(Cl)cccc6Cl)CC5)CC4)cc3C2=O)C(=O)N1. The number of halogens is 2. The summed E-state index contributed by atoms with van der Waals surface area (Å²) in [6, 6.07) is 9.01. The van der Waals surface area contributed by atoms with Crippen molar-refractivity contribution < 1.29 is 28.8 Å². The molecule has 3 saturated heterocycles. The van der Waals surface area contributed by atoms with Gasteiger partial charge in [-0.25, -0.2) is 0 Å². The first-order valence-corrected chi connectivity index (χ1v) is 17.8. The topological polar surface area (TPSA) is 177 Å². The maximum Gasteiger partial charge on any atom is 0.271 e. The van der Waals surface area contributed by atoms with Crippen LogP contribution in [0.25, 0.3) is 0 Å². The average Bonchev–Trinajstić information content (AvgIpc) is 3.67. The molecular formula is C35H36Cl2N8O6. The Kier molecular flexibility index (Phi) is 9.81. The summed E-state index contributed by atoms with van der Waals surface area (Å²) < 4.78 is 0. The fourth-order valence-corrected chi connectivity index (χ4v) is 7.93. The predicted octanol–water partition coefficient (Wildman–Crippen LogP) is 3.48. The van der Waals surface area contributed by atoms with Crippen molar-refractivity contribution in [3.63, 3.8) is 0 Å². The number of hydrogen-bond donors (Lipinski definition) is 4. The van der Waals surface area contributed by atoms with Gasteiger partial charge in [-0.3, -0.25) is 44.1 Å². The largest absolute Gasteiger partial charge is 0.371 e. The molecule has 0 bridgehead atoms. The predicted molar refractivity (Wildman–Crippen MR) is 188 cm³/mol. The fourth-order valence-electron chi connectivity index (χ4n) is 7.37. The lowest BCUT2D eigenvalue weighted by Crippen LogP contribution is -2.54. The molecule has 4 N–H and O–H groups in total. The molecule has 266 valence electrons. The molecule has 1 atom stereocenters. The van der Waals surface area contributed by atoms with Gasteiger partial charge < -0.3 is 20.4 Å². The van der Waals surface area contributed by atoms with Crippen LogP contribution in [0, 0.1) is 5.92 Å². The second-order valence-corrected chi connectivity index (χ2v) is 14.2. The number of amides is 6. The first-order valence-electron chi connectivity index (χ1n) is 17.0. The van der Waals surface area contributed by atoms with Gasteiger partial charge in [0.2, 0.25) is 11.8 Å². The van der Waals surface area contributed by atoms with Crippen LogP contribution in [0.4, 0.5) is 11.4 Å². The summed E-state index contributed by atoms with van der Waals surface area (Å²) in [6.07, 6.45) is 5.08. The Balaban J connectivity index is 0.870. The maximum atomic E-state index is 13.3. The molecule has 2 aromatic carbocycles. The second-order valence-electron chi connectivity index (χ2n) is 13.4. The van der Waals surface area contributed by atoms with E-state index in [0.717, 1.165) is 69.0 Å². The normalized spacial score (nSPS) is 20.4. The number of aromatic nitrogens is 2. The van der Waals surface area contributed by atoms with E-state index in [1.54, 1.807) is 30.3 Å². The van der Waals surface area contributed by atoms with E-state index in [1.165, 1.54) is 6.20 Å². The lowest BCUT2D eigenvalue weighted by molar-refractivity contribution is -0.136. The Morgan fingerprint density at radius 2 is 1.57 bits per heavy atom. The highest BCUT2D eigenvalue weighted by Crippen LogP contribution is 2.33. The van der Waals surface area contributed by atoms with Crippen LogP contribution in [0.15, 0.2) is 42.6 Å². The van der Waals surface area contributed by atoms with Crippen LogP contribution in [0.2, 0.25) is 10.0 Å². The zero-order valence-electron chi connectivity index (χ0n) is 27.5. The van der Waals surface area contributed by atoms with Gasteiger partial charge in [-0.05, 0) is 68.4 Å². The van der Waals surface area contributed by atoms with Crippen LogP contribution >= 0.6 is 23.2 Å². The zero-order chi connectivity index (χ0) is 35.8. The molecule has 5 heterocycles. The molecule has 0 radical (unpaired) electrons. The number of rotatable bonds is 8. The molecule has 4 aliphatic heterocycles. The van der Waals surface area contributed by atoms with Crippen LogP contribution in [-0.2, 0) is 9.59 Å². The molecule has 7 rings (SSSR count). The van der Waals surface area contributed by atoms with Crippen molar-refractivity contribution in [2.75, 3.05) is 42.9 Å². The van der Waals surface area contributed by atoms with Crippen LogP contribution in [-0.4, -0.2) is 100 Å². The molecule has 51 heavy (non-hydrogen) atoms. The molecular weight excluding hydrogens is 699 g/mol. The van der Waals surface area contributed by atoms with E-state index in [2.05, 4.69) is 35.9 Å². The summed E-state index contributed by atoms with van der Waals surface area (Å²) in [4.78, 5) is 81.9. The van der Waals surface area contributed by atoms with E-state index in [9.17, 15) is 28.8 Å². The average molecular weight is 736 g/mol. The molecule has 0 spiro atoms. The van der Waals surface area contributed by atoms with Crippen LogP contribution in [0.3, 0.4) is 0 Å². The van der Waals surface area contributed by atoms with Crippen molar-refractivity contribution in [1.82, 2.24) is 30.6 Å². The van der Waals surface area contributed by atoms with Crippen LogP contribution < -0.4 is 20.9 Å². The number of H-pyrrole nitrogens is 1. The summed E-state index contributed by atoms with van der Waals surface area (Å²) >= 11 is 12.3. The highest BCUT2D eigenvalue weighted by molar-refractivity contribution is 6.40. The molecule has 16 heteroatoms. The van der Waals surface area contributed by atoms with Gasteiger partial charge >= 0.3 is 0 Å². The number of aromatic amines is 1. The summed E-state index contributed by atoms with van der Waals surface area (Å²) in [7, 11) is 0. The number of fused-ring (bicyclic) bond motifs is 1. The van der Waals surface area contributed by atoms with Gasteiger partial charge in [0.1, 0.15) is 11.7 Å². The minimum Gasteiger partial charge on any atom is -0.371 e. The number of benzene rings is 2. The van der Waals surface area contributed by atoms with Gasteiger partial charge in [0.25, 0.3) is 23.6 Å². The van der Waals surface area contributed by atoms with Crippen molar-refractivity contribution in [1.29, 1.82) is 0 Å². The fraction of sp³-hybridized carbons (Fsp3) is 0.400. The number of carbonyl (C=O) groups excluding carboxylic acids is 6. The van der Waals surface area contributed by atoms with E-state index in [4.69, 9.17) is 23.2 Å². The van der Waals surface area contributed by atoms with Gasteiger partial charge in [0, 0.05) is 50.9 Å². The van der Waals surface area contributed by atoms with Crippen molar-refractivity contribution in [2.45, 2.75) is 50.6 Å². The summed E-state index contributed by atoms with van der Waals surface area (Å²) in [5, 5.41) is 15.0. The Bertz CT molecular complexity index is 1900. The van der Waals surface area contributed by atoms with Gasteiger partial charge in [-0.2, -0.15) is 5.10 Å². The monoisotopic (exact) mass is 734 g/mol. The summed E-state index contributed by atoms with van der Waals surface area (Å²) in [5.74, 6) is -2.44. The van der Waals surface area contributed by atoms with E-state index >= 15 is 0 Å². The lowest BCUT2D eigenvalue weighted by Gasteiger charge is -2.38. The first kappa shape index (κ1) is 34.6. The Labute approximate surface area is 303 Å². The van der Waals surface area contributed by atoms with Crippen LogP contribution in [0.1, 0.15) is 80.1 Å². The Morgan fingerprint density at radius 1 is 0.863 bits per heavy atom. The highest BCUT2D eigenvalue weighted by atomic mass is 35.5. The number of likely N-dealkylation sites (tertiary alicyclic amines) is 1. The van der Waals surface area contributed by atoms with Crippen molar-refractivity contribution in [3.05, 3.63) is 75.0 Å². The number of anilines is 2. The maximum absolute atomic E-state index is 13.3. The third-order valence-electron chi connectivity index (χ3n) is 10.1. The van der Waals surface area contributed by atoms with E-state index < -0.39 is 35.6 Å². The van der Waals surface area contributed by atoms with Gasteiger partial charge in [-0.1, -0.05) is 29.3 Å². The van der Waals surface area contributed by atoms with E-state index in [-0.39, 0.29) is 62.9 Å². The molecule has 1 aromatic heterocycles.